The first kappa shape index (κ1) is 12.7. The molecular formula is C11H24N2. The normalized spacial score (nSPS) is 14.6. The number of rotatable bonds is 6. The van der Waals surface area contributed by atoms with Gasteiger partial charge in [-0.3, -0.25) is 0 Å². The monoisotopic (exact) mass is 184 g/mol. The molecule has 1 unspecified atom stereocenters. The van der Waals surface area contributed by atoms with Gasteiger partial charge >= 0.3 is 0 Å². The molecule has 0 bridgehead atoms. The predicted molar refractivity (Wildman–Crippen MR) is 60.0 cm³/mol. The molecule has 0 spiro atoms. The molecule has 0 aromatic heterocycles. The molecule has 0 radical (unpaired) electrons. The molecule has 0 rings (SSSR count). The van der Waals surface area contributed by atoms with Crippen LogP contribution in [0.15, 0.2) is 12.7 Å². The SMILES string of the molecule is C=CC(NCCC)C(C)(C)N(C)C. The first-order valence-corrected chi connectivity index (χ1v) is 5.00. The largest absolute Gasteiger partial charge is 0.309 e. The Hall–Kier alpha value is -0.340. The molecule has 0 amide bonds. The van der Waals surface area contributed by atoms with Crippen molar-refractivity contribution in [3.8, 4) is 0 Å². The summed E-state index contributed by atoms with van der Waals surface area (Å²) in [6.07, 6.45) is 3.16. The maximum Gasteiger partial charge on any atom is 0.0428 e. The van der Waals surface area contributed by atoms with Gasteiger partial charge in [-0.2, -0.15) is 0 Å². The van der Waals surface area contributed by atoms with Gasteiger partial charge in [-0.25, -0.2) is 0 Å². The highest BCUT2D eigenvalue weighted by molar-refractivity contribution is 5.01. The topological polar surface area (TPSA) is 15.3 Å². The van der Waals surface area contributed by atoms with Crippen LogP contribution in [0, 0.1) is 0 Å². The van der Waals surface area contributed by atoms with Crippen molar-refractivity contribution in [2.45, 2.75) is 38.8 Å². The van der Waals surface area contributed by atoms with Crippen molar-refractivity contribution in [2.24, 2.45) is 0 Å². The Bertz CT molecular complexity index is 150. The van der Waals surface area contributed by atoms with E-state index >= 15 is 0 Å². The first-order valence-electron chi connectivity index (χ1n) is 5.00. The molecule has 13 heavy (non-hydrogen) atoms. The van der Waals surface area contributed by atoms with E-state index in [4.69, 9.17) is 0 Å². The van der Waals surface area contributed by atoms with E-state index in [1.165, 1.54) is 0 Å². The lowest BCUT2D eigenvalue weighted by Crippen LogP contribution is -2.54. The number of likely N-dealkylation sites (N-methyl/N-ethyl adjacent to an activating group) is 1. The van der Waals surface area contributed by atoms with Crippen LogP contribution in [0.2, 0.25) is 0 Å². The van der Waals surface area contributed by atoms with Crippen LogP contribution in [-0.4, -0.2) is 37.1 Å². The summed E-state index contributed by atoms with van der Waals surface area (Å²) in [6, 6.07) is 0.349. The summed E-state index contributed by atoms with van der Waals surface area (Å²) in [5, 5.41) is 3.48. The highest BCUT2D eigenvalue weighted by Crippen LogP contribution is 2.16. The lowest BCUT2D eigenvalue weighted by Gasteiger charge is -2.39. The summed E-state index contributed by atoms with van der Waals surface area (Å²) in [7, 11) is 4.20. The zero-order valence-corrected chi connectivity index (χ0v) is 9.72. The maximum atomic E-state index is 3.87. The lowest BCUT2D eigenvalue weighted by atomic mass is 9.93. The van der Waals surface area contributed by atoms with Crippen molar-refractivity contribution in [1.29, 1.82) is 0 Å². The van der Waals surface area contributed by atoms with Crippen molar-refractivity contribution in [1.82, 2.24) is 10.2 Å². The molecule has 1 N–H and O–H groups in total. The molecule has 2 heteroatoms. The third kappa shape index (κ3) is 3.49. The van der Waals surface area contributed by atoms with Gasteiger partial charge in [0, 0.05) is 11.6 Å². The lowest BCUT2D eigenvalue weighted by molar-refractivity contribution is 0.159. The van der Waals surface area contributed by atoms with Crippen LogP contribution in [0.25, 0.3) is 0 Å². The van der Waals surface area contributed by atoms with E-state index in [2.05, 4.69) is 51.7 Å². The minimum atomic E-state index is 0.122. The number of nitrogens with zero attached hydrogens (tertiary/aromatic N) is 1. The minimum Gasteiger partial charge on any atom is -0.309 e. The summed E-state index contributed by atoms with van der Waals surface area (Å²) in [4.78, 5) is 2.22. The third-order valence-corrected chi connectivity index (χ3v) is 2.76. The van der Waals surface area contributed by atoms with E-state index in [9.17, 15) is 0 Å². The van der Waals surface area contributed by atoms with Crippen LogP contribution in [0.5, 0.6) is 0 Å². The molecule has 1 atom stereocenters. The van der Waals surface area contributed by atoms with E-state index in [0.29, 0.717) is 6.04 Å². The van der Waals surface area contributed by atoms with Crippen LogP contribution < -0.4 is 5.32 Å². The van der Waals surface area contributed by atoms with E-state index < -0.39 is 0 Å². The van der Waals surface area contributed by atoms with Crippen molar-refractivity contribution >= 4 is 0 Å². The first-order chi connectivity index (χ1) is 5.96. The molecular weight excluding hydrogens is 160 g/mol. The Balaban J connectivity index is 4.28. The molecule has 0 saturated heterocycles. The van der Waals surface area contributed by atoms with Crippen molar-refractivity contribution in [2.75, 3.05) is 20.6 Å². The Labute approximate surface area is 83.0 Å². The molecule has 0 aliphatic heterocycles. The van der Waals surface area contributed by atoms with Gasteiger partial charge in [-0.1, -0.05) is 13.0 Å². The highest BCUT2D eigenvalue weighted by atomic mass is 15.2. The fourth-order valence-corrected chi connectivity index (χ4v) is 1.20. The van der Waals surface area contributed by atoms with Crippen LogP contribution >= 0.6 is 0 Å². The van der Waals surface area contributed by atoms with Crippen LogP contribution in [0.1, 0.15) is 27.2 Å². The van der Waals surface area contributed by atoms with Gasteiger partial charge in [0.15, 0.2) is 0 Å². The minimum absolute atomic E-state index is 0.122. The smallest absolute Gasteiger partial charge is 0.0428 e. The fraction of sp³-hybridized carbons (Fsp3) is 0.818. The van der Waals surface area contributed by atoms with Crippen LogP contribution in [0.3, 0.4) is 0 Å². The Morgan fingerprint density at radius 3 is 2.31 bits per heavy atom. The summed E-state index contributed by atoms with van der Waals surface area (Å²) in [6.45, 7) is 11.5. The van der Waals surface area contributed by atoms with Gasteiger partial charge in [-0.05, 0) is 40.9 Å². The average molecular weight is 184 g/mol. The number of nitrogens with one attached hydrogen (secondary N) is 1. The second-order valence-electron chi connectivity index (χ2n) is 4.22. The van der Waals surface area contributed by atoms with E-state index in [0.717, 1.165) is 13.0 Å². The molecule has 0 aromatic carbocycles. The van der Waals surface area contributed by atoms with Crippen molar-refractivity contribution in [3.63, 3.8) is 0 Å². The van der Waals surface area contributed by atoms with Crippen LogP contribution in [0.4, 0.5) is 0 Å². The van der Waals surface area contributed by atoms with Gasteiger partial charge in [-0.15, -0.1) is 6.58 Å². The molecule has 0 heterocycles. The second kappa shape index (κ2) is 5.40. The van der Waals surface area contributed by atoms with Crippen molar-refractivity contribution < 1.29 is 0 Å². The molecule has 0 aromatic rings. The van der Waals surface area contributed by atoms with Gasteiger partial charge in [0.05, 0.1) is 0 Å². The third-order valence-electron chi connectivity index (χ3n) is 2.76. The predicted octanol–water partition coefficient (Wildman–Crippen LogP) is 1.88. The van der Waals surface area contributed by atoms with Gasteiger partial charge < -0.3 is 10.2 Å². The molecule has 0 saturated carbocycles. The van der Waals surface area contributed by atoms with Gasteiger partial charge in [0.1, 0.15) is 0 Å². The Kier molecular flexibility index (Phi) is 5.26. The van der Waals surface area contributed by atoms with E-state index in [1.54, 1.807) is 0 Å². The summed E-state index contributed by atoms with van der Waals surface area (Å²) in [5.74, 6) is 0. The molecule has 2 nitrogen and oxygen atoms in total. The Morgan fingerprint density at radius 1 is 1.46 bits per heavy atom. The zero-order chi connectivity index (χ0) is 10.5. The summed E-state index contributed by atoms with van der Waals surface area (Å²) >= 11 is 0. The maximum absolute atomic E-state index is 3.87. The van der Waals surface area contributed by atoms with E-state index in [-0.39, 0.29) is 5.54 Å². The number of hydrogen-bond acceptors (Lipinski definition) is 2. The van der Waals surface area contributed by atoms with Gasteiger partial charge in [0.2, 0.25) is 0 Å². The Morgan fingerprint density at radius 2 is 2.00 bits per heavy atom. The molecule has 0 aliphatic rings. The zero-order valence-electron chi connectivity index (χ0n) is 9.72. The molecule has 0 aliphatic carbocycles. The van der Waals surface area contributed by atoms with Crippen molar-refractivity contribution in [3.05, 3.63) is 12.7 Å². The standard InChI is InChI=1S/C11H24N2/c1-7-9-12-10(8-2)11(3,4)13(5)6/h8,10,12H,2,7,9H2,1,3-6H3. The second-order valence-corrected chi connectivity index (χ2v) is 4.22. The summed E-state index contributed by atoms with van der Waals surface area (Å²) < 4.78 is 0. The quantitative estimate of drug-likeness (QED) is 0.634. The molecule has 78 valence electrons. The highest BCUT2D eigenvalue weighted by Gasteiger charge is 2.28. The average Bonchev–Trinajstić information content (AvgIpc) is 2.05. The summed E-state index contributed by atoms with van der Waals surface area (Å²) in [5.41, 5.74) is 0.122. The molecule has 0 fully saturated rings. The number of hydrogen-bond donors (Lipinski definition) is 1. The van der Waals surface area contributed by atoms with E-state index in [1.807, 2.05) is 6.08 Å². The fourth-order valence-electron chi connectivity index (χ4n) is 1.20. The van der Waals surface area contributed by atoms with Gasteiger partial charge in [0.25, 0.3) is 0 Å². The van der Waals surface area contributed by atoms with Crippen LogP contribution in [-0.2, 0) is 0 Å².